The summed E-state index contributed by atoms with van der Waals surface area (Å²) in [5, 5.41) is 2.89. The number of ether oxygens (including phenoxy) is 1. The fraction of sp³-hybridized carbons (Fsp3) is 0.524. The molecule has 7 heteroatoms. The van der Waals surface area contributed by atoms with Gasteiger partial charge in [0, 0.05) is 45.7 Å². The highest BCUT2D eigenvalue weighted by molar-refractivity contribution is 5.89. The fourth-order valence-corrected chi connectivity index (χ4v) is 3.71. The van der Waals surface area contributed by atoms with Gasteiger partial charge >= 0.3 is 5.91 Å². The molecule has 0 aliphatic carbocycles. The zero-order valence-corrected chi connectivity index (χ0v) is 16.6. The van der Waals surface area contributed by atoms with Gasteiger partial charge < -0.3 is 19.4 Å². The molecule has 2 aromatic rings. The first-order valence-electron chi connectivity index (χ1n) is 9.91. The number of oxazole rings is 1. The number of rotatable bonds is 5. The number of aryl methyl sites for hydroxylation is 1. The predicted octanol–water partition coefficient (Wildman–Crippen LogP) is 1.60. The first-order chi connectivity index (χ1) is 13.6. The van der Waals surface area contributed by atoms with Gasteiger partial charge in [-0.15, -0.1) is 0 Å². The van der Waals surface area contributed by atoms with Gasteiger partial charge in [-0.2, -0.15) is 0 Å². The van der Waals surface area contributed by atoms with E-state index in [2.05, 4.69) is 58.3 Å². The first kappa shape index (κ1) is 19.1. The Morgan fingerprint density at radius 3 is 2.89 bits per heavy atom. The average Bonchev–Trinajstić information content (AvgIpc) is 3.11. The second-order valence-corrected chi connectivity index (χ2v) is 7.80. The third kappa shape index (κ3) is 4.60. The van der Waals surface area contributed by atoms with Crippen molar-refractivity contribution < 1.29 is 13.9 Å². The molecule has 1 N–H and O–H groups in total. The Bertz CT molecular complexity index is 818. The van der Waals surface area contributed by atoms with Crippen LogP contribution in [0.5, 0.6) is 0 Å². The van der Waals surface area contributed by atoms with Crippen molar-refractivity contribution in [3.8, 4) is 0 Å². The molecule has 2 aliphatic rings. The number of aromatic nitrogens is 1. The van der Waals surface area contributed by atoms with Gasteiger partial charge in [-0.3, -0.25) is 9.69 Å². The Hall–Kier alpha value is -2.22. The number of nitrogens with one attached hydrogen (secondary N) is 1. The van der Waals surface area contributed by atoms with E-state index >= 15 is 0 Å². The molecule has 1 saturated heterocycles. The summed E-state index contributed by atoms with van der Waals surface area (Å²) in [5.41, 5.74) is 3.42. The highest BCUT2D eigenvalue weighted by atomic mass is 16.5. The monoisotopic (exact) mass is 384 g/mol. The van der Waals surface area contributed by atoms with Gasteiger partial charge in [0.1, 0.15) is 5.76 Å². The van der Waals surface area contributed by atoms with Crippen molar-refractivity contribution in [1.29, 1.82) is 0 Å². The Kier molecular flexibility index (Phi) is 5.75. The molecular weight excluding hydrogens is 356 g/mol. The van der Waals surface area contributed by atoms with Crippen molar-refractivity contribution >= 4 is 5.91 Å². The topological polar surface area (TPSA) is 70.8 Å². The van der Waals surface area contributed by atoms with Crippen LogP contribution in [0.3, 0.4) is 0 Å². The molecule has 1 atom stereocenters. The van der Waals surface area contributed by atoms with E-state index < -0.39 is 0 Å². The van der Waals surface area contributed by atoms with Gasteiger partial charge in [0.05, 0.1) is 18.4 Å². The Labute approximate surface area is 165 Å². The van der Waals surface area contributed by atoms with E-state index in [4.69, 9.17) is 9.15 Å². The molecule has 1 fully saturated rings. The van der Waals surface area contributed by atoms with E-state index in [0.29, 0.717) is 19.7 Å². The maximum atomic E-state index is 12.4. The highest BCUT2D eigenvalue weighted by Crippen LogP contribution is 2.21. The zero-order valence-electron chi connectivity index (χ0n) is 16.6. The maximum absolute atomic E-state index is 12.4. The number of fused-ring (bicyclic) bond motifs is 1. The zero-order chi connectivity index (χ0) is 19.5. The molecule has 28 heavy (non-hydrogen) atoms. The number of hydrogen-bond acceptors (Lipinski definition) is 6. The van der Waals surface area contributed by atoms with Crippen LogP contribution >= 0.6 is 0 Å². The summed E-state index contributed by atoms with van der Waals surface area (Å²) < 4.78 is 11.4. The second-order valence-electron chi connectivity index (χ2n) is 7.80. The lowest BCUT2D eigenvalue weighted by Crippen LogP contribution is -2.45. The van der Waals surface area contributed by atoms with E-state index in [0.717, 1.165) is 44.1 Å². The van der Waals surface area contributed by atoms with Gasteiger partial charge in [-0.25, -0.2) is 4.98 Å². The minimum atomic E-state index is -0.267. The molecule has 3 heterocycles. The summed E-state index contributed by atoms with van der Waals surface area (Å²) in [6, 6.07) is 8.60. The van der Waals surface area contributed by atoms with Crippen LogP contribution in [-0.4, -0.2) is 66.6 Å². The molecule has 7 nitrogen and oxygen atoms in total. The Morgan fingerprint density at radius 2 is 2.11 bits per heavy atom. The van der Waals surface area contributed by atoms with Crippen molar-refractivity contribution in [2.45, 2.75) is 32.5 Å². The summed E-state index contributed by atoms with van der Waals surface area (Å²) in [7, 11) is 2.06. The van der Waals surface area contributed by atoms with E-state index in [1.165, 1.54) is 11.1 Å². The predicted molar refractivity (Wildman–Crippen MR) is 105 cm³/mol. The smallest absolute Gasteiger partial charge is 0.307 e. The quantitative estimate of drug-likeness (QED) is 0.844. The molecule has 1 aromatic heterocycles. The second kappa shape index (κ2) is 8.43. The largest absolute Gasteiger partial charge is 0.437 e. The van der Waals surface area contributed by atoms with Crippen molar-refractivity contribution in [3.05, 3.63) is 52.7 Å². The van der Waals surface area contributed by atoms with Crippen LogP contribution in [0.25, 0.3) is 0 Å². The van der Waals surface area contributed by atoms with Crippen LogP contribution in [0.4, 0.5) is 0 Å². The van der Waals surface area contributed by atoms with Crippen molar-refractivity contribution in [2.24, 2.45) is 0 Å². The number of likely N-dealkylation sites (N-methyl/N-ethyl adjacent to an activating group) is 1. The van der Waals surface area contributed by atoms with Crippen molar-refractivity contribution in [1.82, 2.24) is 20.1 Å². The Morgan fingerprint density at radius 1 is 1.29 bits per heavy atom. The Balaban J connectivity index is 1.32. The molecule has 0 saturated carbocycles. The van der Waals surface area contributed by atoms with Crippen molar-refractivity contribution in [2.75, 3.05) is 39.8 Å². The van der Waals surface area contributed by atoms with Crippen LogP contribution in [0.1, 0.15) is 33.3 Å². The first-order valence-corrected chi connectivity index (χ1v) is 9.91. The minimum Gasteiger partial charge on any atom is -0.437 e. The lowest BCUT2D eigenvalue weighted by atomic mass is 10.1. The molecule has 1 amide bonds. The van der Waals surface area contributed by atoms with Crippen LogP contribution < -0.4 is 5.32 Å². The molecule has 0 spiro atoms. The number of benzene rings is 1. The molecule has 4 rings (SSSR count). The molecular formula is C21H28N4O3. The summed E-state index contributed by atoms with van der Waals surface area (Å²) in [6.07, 6.45) is 0.787. The lowest BCUT2D eigenvalue weighted by molar-refractivity contribution is -0.0176. The van der Waals surface area contributed by atoms with Gasteiger partial charge in [-0.05, 0) is 19.5 Å². The molecule has 0 radical (unpaired) electrons. The average molecular weight is 384 g/mol. The van der Waals surface area contributed by atoms with Crippen LogP contribution in [0, 0.1) is 6.92 Å². The van der Waals surface area contributed by atoms with Gasteiger partial charge in [0.2, 0.25) is 0 Å². The number of nitrogens with zero attached hydrogens (tertiary/aromatic N) is 3. The minimum absolute atomic E-state index is 0.0114. The normalized spacial score (nSPS) is 20.7. The van der Waals surface area contributed by atoms with Gasteiger partial charge in [0.25, 0.3) is 5.89 Å². The summed E-state index contributed by atoms with van der Waals surface area (Å²) in [4.78, 5) is 21.4. The van der Waals surface area contributed by atoms with Gasteiger partial charge in [0.15, 0.2) is 0 Å². The number of carbonyl (C=O) groups excluding carboxylic acids is 1. The summed E-state index contributed by atoms with van der Waals surface area (Å²) >= 11 is 0. The van der Waals surface area contributed by atoms with E-state index in [1.54, 1.807) is 0 Å². The van der Waals surface area contributed by atoms with Crippen LogP contribution in [0.15, 0.2) is 28.7 Å². The van der Waals surface area contributed by atoms with E-state index in [9.17, 15) is 4.79 Å². The van der Waals surface area contributed by atoms with Crippen molar-refractivity contribution in [3.63, 3.8) is 0 Å². The SMILES string of the molecule is Cc1ccc(CN2CCc3oc(C(=O)NC[C@@H]4CN(C)CCO4)nc3C2)cc1. The standard InChI is InChI=1S/C21H28N4O3/c1-15-3-5-16(6-4-15)12-25-8-7-19-18(14-25)23-21(28-19)20(26)22-11-17-13-24(2)9-10-27-17/h3-6,17H,7-14H2,1-2H3,(H,22,26)/t17-/m1/s1. The molecule has 150 valence electrons. The van der Waals surface area contributed by atoms with Gasteiger partial charge in [-0.1, -0.05) is 29.8 Å². The molecule has 0 unspecified atom stereocenters. The number of hydrogen-bond donors (Lipinski definition) is 1. The van der Waals surface area contributed by atoms with E-state index in [1.807, 2.05) is 0 Å². The fourth-order valence-electron chi connectivity index (χ4n) is 3.71. The molecule has 0 bridgehead atoms. The third-order valence-electron chi connectivity index (χ3n) is 5.36. The highest BCUT2D eigenvalue weighted by Gasteiger charge is 2.26. The maximum Gasteiger partial charge on any atom is 0.307 e. The van der Waals surface area contributed by atoms with Crippen LogP contribution in [0.2, 0.25) is 0 Å². The number of amides is 1. The molecule has 2 aliphatic heterocycles. The lowest BCUT2D eigenvalue weighted by Gasteiger charge is -2.29. The molecule has 1 aromatic carbocycles. The number of morpholine rings is 1. The summed E-state index contributed by atoms with van der Waals surface area (Å²) in [5.74, 6) is 0.724. The summed E-state index contributed by atoms with van der Waals surface area (Å²) in [6.45, 7) is 7.48. The number of carbonyl (C=O) groups is 1. The van der Waals surface area contributed by atoms with E-state index in [-0.39, 0.29) is 17.9 Å². The third-order valence-corrected chi connectivity index (χ3v) is 5.36. The van der Waals surface area contributed by atoms with Crippen LogP contribution in [-0.2, 0) is 24.2 Å².